The molecule has 0 radical (unpaired) electrons. The van der Waals surface area contributed by atoms with Gasteiger partial charge in [0.1, 0.15) is 0 Å². The molecule has 0 amide bonds. The van der Waals surface area contributed by atoms with Crippen molar-refractivity contribution in [1.82, 2.24) is 4.98 Å². The third-order valence-electron chi connectivity index (χ3n) is 3.19. The Bertz CT molecular complexity index is 734. The van der Waals surface area contributed by atoms with E-state index in [2.05, 4.69) is 4.98 Å². The van der Waals surface area contributed by atoms with Crippen molar-refractivity contribution in [3.05, 3.63) is 77.0 Å². The van der Waals surface area contributed by atoms with E-state index in [-0.39, 0.29) is 10.6 Å². The zero-order valence-electron chi connectivity index (χ0n) is 10.6. The van der Waals surface area contributed by atoms with Crippen molar-refractivity contribution in [3.63, 3.8) is 0 Å². The van der Waals surface area contributed by atoms with Crippen LogP contribution in [0.2, 0.25) is 0 Å². The van der Waals surface area contributed by atoms with Crippen LogP contribution in [-0.4, -0.2) is 9.91 Å². The van der Waals surface area contributed by atoms with Crippen LogP contribution >= 0.6 is 0 Å². The molecule has 0 spiro atoms. The summed E-state index contributed by atoms with van der Waals surface area (Å²) in [5, 5.41) is 11.0. The summed E-state index contributed by atoms with van der Waals surface area (Å²) in [5.74, 6) is 0. The van der Waals surface area contributed by atoms with E-state index in [1.54, 1.807) is 12.1 Å². The fraction of sp³-hybridized carbons (Fsp3) is 0. The van der Waals surface area contributed by atoms with Crippen molar-refractivity contribution < 1.29 is 4.92 Å². The summed E-state index contributed by atoms with van der Waals surface area (Å²) >= 11 is 0. The minimum absolute atomic E-state index is 0.0964. The number of hydrogen-bond donors (Lipinski definition) is 1. The number of aromatic amines is 1. The lowest BCUT2D eigenvalue weighted by molar-refractivity contribution is -0.384. The quantitative estimate of drug-likeness (QED) is 0.567. The van der Waals surface area contributed by atoms with Crippen LogP contribution in [0.25, 0.3) is 22.4 Å². The Balaban J connectivity index is 2.23. The van der Waals surface area contributed by atoms with Gasteiger partial charge in [0.15, 0.2) is 0 Å². The third kappa shape index (κ3) is 2.19. The molecule has 0 saturated carbocycles. The Labute approximate surface area is 115 Å². The molecular weight excluding hydrogens is 252 g/mol. The smallest absolute Gasteiger partial charge is 0.270 e. The van der Waals surface area contributed by atoms with Crippen LogP contribution in [0.3, 0.4) is 0 Å². The number of H-pyrrole nitrogens is 1. The van der Waals surface area contributed by atoms with Gasteiger partial charge in [-0.2, -0.15) is 0 Å². The number of rotatable bonds is 3. The van der Waals surface area contributed by atoms with Gasteiger partial charge in [-0.1, -0.05) is 30.3 Å². The molecule has 2 aromatic carbocycles. The fourth-order valence-electron chi connectivity index (χ4n) is 2.24. The number of nitrogens with one attached hydrogen (secondary N) is 1. The van der Waals surface area contributed by atoms with Crippen molar-refractivity contribution in [3.8, 4) is 22.4 Å². The Morgan fingerprint density at radius 2 is 1.70 bits per heavy atom. The number of nitrogens with zero attached hydrogens (tertiary/aromatic N) is 1. The van der Waals surface area contributed by atoms with E-state index in [1.165, 1.54) is 6.07 Å². The molecule has 4 nitrogen and oxygen atoms in total. The molecule has 1 N–H and O–H groups in total. The summed E-state index contributed by atoms with van der Waals surface area (Å²) in [4.78, 5) is 13.8. The van der Waals surface area contributed by atoms with E-state index < -0.39 is 0 Å². The average Bonchev–Trinajstić information content (AvgIpc) is 3.01. The van der Waals surface area contributed by atoms with Gasteiger partial charge in [-0.3, -0.25) is 10.1 Å². The Hall–Kier alpha value is -2.88. The normalized spacial score (nSPS) is 10.4. The van der Waals surface area contributed by atoms with E-state index >= 15 is 0 Å². The van der Waals surface area contributed by atoms with Gasteiger partial charge in [0.05, 0.1) is 4.92 Å². The van der Waals surface area contributed by atoms with E-state index in [1.807, 2.05) is 48.7 Å². The molecule has 0 aliphatic heterocycles. The summed E-state index contributed by atoms with van der Waals surface area (Å²) in [7, 11) is 0. The van der Waals surface area contributed by atoms with Gasteiger partial charge in [0.25, 0.3) is 5.69 Å². The number of benzene rings is 2. The number of non-ortho nitro benzene ring substituents is 1. The van der Waals surface area contributed by atoms with Crippen molar-refractivity contribution in [2.45, 2.75) is 0 Å². The monoisotopic (exact) mass is 264 g/mol. The molecule has 20 heavy (non-hydrogen) atoms. The maximum atomic E-state index is 11.0. The van der Waals surface area contributed by atoms with Crippen LogP contribution in [0.1, 0.15) is 0 Å². The van der Waals surface area contributed by atoms with Crippen LogP contribution in [0.4, 0.5) is 5.69 Å². The highest BCUT2D eigenvalue weighted by Gasteiger charge is 2.13. The minimum atomic E-state index is -0.370. The van der Waals surface area contributed by atoms with Gasteiger partial charge in [-0.25, -0.2) is 0 Å². The molecule has 0 atom stereocenters. The predicted octanol–water partition coefficient (Wildman–Crippen LogP) is 4.26. The van der Waals surface area contributed by atoms with Gasteiger partial charge in [-0.15, -0.1) is 0 Å². The van der Waals surface area contributed by atoms with E-state index in [0.29, 0.717) is 0 Å². The van der Waals surface area contributed by atoms with Gasteiger partial charge in [0.2, 0.25) is 0 Å². The van der Waals surface area contributed by atoms with E-state index in [9.17, 15) is 10.1 Å². The van der Waals surface area contributed by atoms with Crippen LogP contribution in [-0.2, 0) is 0 Å². The third-order valence-corrected chi connectivity index (χ3v) is 3.19. The van der Waals surface area contributed by atoms with Crippen LogP contribution in [0, 0.1) is 10.1 Å². The lowest BCUT2D eigenvalue weighted by Gasteiger charge is -2.08. The standard InChI is InChI=1S/C16H12N2O2/c19-18(20)13-8-9-14(16-7-4-10-17-16)15(11-13)12-5-2-1-3-6-12/h1-11,17H. The Kier molecular flexibility index (Phi) is 3.05. The summed E-state index contributed by atoms with van der Waals surface area (Å²) < 4.78 is 0. The zero-order chi connectivity index (χ0) is 13.9. The second kappa shape index (κ2) is 5.01. The first-order valence-corrected chi connectivity index (χ1v) is 6.23. The molecule has 0 bridgehead atoms. The maximum absolute atomic E-state index is 11.0. The van der Waals surface area contributed by atoms with Gasteiger partial charge in [0, 0.05) is 29.6 Å². The summed E-state index contributed by atoms with van der Waals surface area (Å²) in [6, 6.07) is 18.5. The number of aromatic nitrogens is 1. The first kappa shape index (κ1) is 12.2. The van der Waals surface area contributed by atoms with Gasteiger partial charge < -0.3 is 4.98 Å². The number of nitro benzene ring substituents is 1. The molecule has 3 rings (SSSR count). The highest BCUT2D eigenvalue weighted by molar-refractivity contribution is 5.83. The summed E-state index contributed by atoms with van der Waals surface area (Å²) in [6.45, 7) is 0. The molecule has 0 saturated heterocycles. The summed E-state index contributed by atoms with van der Waals surface area (Å²) in [5.41, 5.74) is 3.80. The largest absolute Gasteiger partial charge is 0.361 e. The van der Waals surface area contributed by atoms with Crippen molar-refractivity contribution in [2.75, 3.05) is 0 Å². The second-order valence-corrected chi connectivity index (χ2v) is 4.44. The minimum Gasteiger partial charge on any atom is -0.361 e. The average molecular weight is 264 g/mol. The molecule has 3 aromatic rings. The van der Waals surface area contributed by atoms with Crippen molar-refractivity contribution >= 4 is 5.69 Å². The van der Waals surface area contributed by atoms with Crippen molar-refractivity contribution in [1.29, 1.82) is 0 Å². The van der Waals surface area contributed by atoms with Crippen LogP contribution < -0.4 is 0 Å². The highest BCUT2D eigenvalue weighted by atomic mass is 16.6. The topological polar surface area (TPSA) is 58.9 Å². The molecule has 0 aliphatic carbocycles. The first-order chi connectivity index (χ1) is 9.75. The van der Waals surface area contributed by atoms with Crippen LogP contribution in [0.15, 0.2) is 66.9 Å². The lowest BCUT2D eigenvalue weighted by atomic mass is 9.97. The Morgan fingerprint density at radius 3 is 2.35 bits per heavy atom. The number of hydrogen-bond acceptors (Lipinski definition) is 2. The lowest BCUT2D eigenvalue weighted by Crippen LogP contribution is -1.91. The van der Waals surface area contributed by atoms with Gasteiger partial charge in [-0.05, 0) is 29.3 Å². The fourth-order valence-corrected chi connectivity index (χ4v) is 2.24. The van der Waals surface area contributed by atoms with E-state index in [4.69, 9.17) is 0 Å². The van der Waals surface area contributed by atoms with Crippen LogP contribution in [0.5, 0.6) is 0 Å². The molecule has 0 unspecified atom stereocenters. The highest BCUT2D eigenvalue weighted by Crippen LogP contribution is 2.33. The molecular formula is C16H12N2O2. The molecule has 1 aromatic heterocycles. The SMILES string of the molecule is O=[N+]([O-])c1ccc(-c2ccc[nH]2)c(-c2ccccc2)c1. The first-order valence-electron chi connectivity index (χ1n) is 6.23. The molecule has 4 heteroatoms. The molecule has 1 heterocycles. The van der Waals surface area contributed by atoms with E-state index in [0.717, 1.165) is 22.4 Å². The van der Waals surface area contributed by atoms with Gasteiger partial charge >= 0.3 is 0 Å². The maximum Gasteiger partial charge on any atom is 0.270 e. The molecule has 98 valence electrons. The predicted molar refractivity (Wildman–Crippen MR) is 78.3 cm³/mol. The molecule has 0 fully saturated rings. The molecule has 0 aliphatic rings. The zero-order valence-corrected chi connectivity index (χ0v) is 10.6. The summed E-state index contributed by atoms with van der Waals surface area (Å²) in [6.07, 6.45) is 1.84. The number of nitro groups is 1. The second-order valence-electron chi connectivity index (χ2n) is 4.44. The Morgan fingerprint density at radius 1 is 0.900 bits per heavy atom. The van der Waals surface area contributed by atoms with Crippen molar-refractivity contribution in [2.24, 2.45) is 0 Å².